The molecule has 1 unspecified atom stereocenters. The monoisotopic (exact) mass is 309 g/mol. The number of aryl methyl sites for hydroxylation is 3. The van der Waals surface area contributed by atoms with E-state index in [-0.39, 0.29) is 11.4 Å². The third-order valence-electron chi connectivity index (χ3n) is 4.70. The van der Waals surface area contributed by atoms with Crippen LogP contribution in [0.15, 0.2) is 30.3 Å². The summed E-state index contributed by atoms with van der Waals surface area (Å²) in [5.74, 6) is -0.0564. The van der Waals surface area contributed by atoms with Gasteiger partial charge in [-0.25, -0.2) is 0 Å². The highest BCUT2D eigenvalue weighted by Crippen LogP contribution is 2.35. The predicted octanol–water partition coefficient (Wildman–Crippen LogP) is 3.33. The first-order valence-corrected chi connectivity index (χ1v) is 8.27. The van der Waals surface area contributed by atoms with Crippen LogP contribution < -0.4 is 5.32 Å². The Labute approximate surface area is 137 Å². The van der Waals surface area contributed by atoms with Crippen LogP contribution in [0.5, 0.6) is 0 Å². The van der Waals surface area contributed by atoms with Gasteiger partial charge in [0.05, 0.1) is 22.5 Å². The Morgan fingerprint density at radius 1 is 1.30 bits per heavy atom. The average Bonchev–Trinajstić information content (AvgIpc) is 2.55. The second kappa shape index (κ2) is 6.11. The number of carbonyl (C=O) groups excluding carboxylic acids is 1. The number of nitrogens with one attached hydrogen (secondary N) is 1. The summed E-state index contributed by atoms with van der Waals surface area (Å²) in [7, 11) is 0. The van der Waals surface area contributed by atoms with Gasteiger partial charge in [-0.3, -0.25) is 4.79 Å². The van der Waals surface area contributed by atoms with Crippen LogP contribution in [-0.4, -0.2) is 16.1 Å². The quantitative estimate of drug-likeness (QED) is 0.946. The summed E-state index contributed by atoms with van der Waals surface area (Å²) in [5, 5.41) is 11.5. The summed E-state index contributed by atoms with van der Waals surface area (Å²) < 4.78 is 0. The molecular weight excluding hydrogens is 286 g/mol. The van der Waals surface area contributed by atoms with Crippen molar-refractivity contribution >= 4 is 5.91 Å². The van der Waals surface area contributed by atoms with Crippen LogP contribution in [-0.2, 0) is 18.4 Å². The molecule has 0 radical (unpaired) electrons. The van der Waals surface area contributed by atoms with Crippen molar-refractivity contribution in [3.8, 4) is 0 Å². The van der Waals surface area contributed by atoms with Crippen molar-refractivity contribution in [3.05, 3.63) is 58.4 Å². The van der Waals surface area contributed by atoms with Gasteiger partial charge in [0.1, 0.15) is 0 Å². The van der Waals surface area contributed by atoms with E-state index in [2.05, 4.69) is 40.6 Å². The summed E-state index contributed by atoms with van der Waals surface area (Å²) in [4.78, 5) is 12.9. The molecule has 0 spiro atoms. The molecule has 120 valence electrons. The maximum atomic E-state index is 12.9. The molecule has 1 heterocycles. The van der Waals surface area contributed by atoms with Crippen LogP contribution in [0.1, 0.15) is 59.6 Å². The SMILES string of the molecule is CCc1nnc(C)cc1C(=O)NC1(C)CCCc2ccccc21. The standard InChI is InChI=1S/C19H23N3O/c1-4-17-15(12-13(2)21-22-17)18(23)20-19(3)11-7-9-14-8-5-6-10-16(14)19/h5-6,8,10,12H,4,7,9,11H2,1-3H3,(H,20,23). The number of carbonyl (C=O) groups is 1. The van der Waals surface area contributed by atoms with Gasteiger partial charge in [0.25, 0.3) is 5.91 Å². The lowest BCUT2D eigenvalue weighted by Gasteiger charge is -2.37. The van der Waals surface area contributed by atoms with Gasteiger partial charge in [-0.1, -0.05) is 31.2 Å². The van der Waals surface area contributed by atoms with Gasteiger partial charge < -0.3 is 5.32 Å². The number of hydrogen-bond acceptors (Lipinski definition) is 3. The Morgan fingerprint density at radius 3 is 2.87 bits per heavy atom. The molecule has 0 bridgehead atoms. The first kappa shape index (κ1) is 15.7. The minimum atomic E-state index is -0.325. The summed E-state index contributed by atoms with van der Waals surface area (Å²) in [6, 6.07) is 10.2. The van der Waals surface area contributed by atoms with Gasteiger partial charge in [0.2, 0.25) is 0 Å². The molecule has 0 saturated heterocycles. The Morgan fingerprint density at radius 2 is 2.09 bits per heavy atom. The highest BCUT2D eigenvalue weighted by Gasteiger charge is 2.33. The number of benzene rings is 1. The first-order valence-electron chi connectivity index (χ1n) is 8.27. The minimum Gasteiger partial charge on any atom is -0.343 e. The summed E-state index contributed by atoms with van der Waals surface area (Å²) in [6.45, 7) is 5.98. The molecule has 4 nitrogen and oxygen atoms in total. The fourth-order valence-electron chi connectivity index (χ4n) is 3.46. The molecule has 4 heteroatoms. The largest absolute Gasteiger partial charge is 0.343 e. The number of aromatic nitrogens is 2. The lowest BCUT2D eigenvalue weighted by atomic mass is 9.77. The molecule has 1 amide bonds. The zero-order valence-corrected chi connectivity index (χ0v) is 14.0. The summed E-state index contributed by atoms with van der Waals surface area (Å²) >= 11 is 0. The van der Waals surface area contributed by atoms with Crippen LogP contribution >= 0.6 is 0 Å². The molecule has 1 aliphatic rings. The number of nitrogens with zero attached hydrogens (tertiary/aromatic N) is 2. The van der Waals surface area contributed by atoms with Crippen molar-refractivity contribution in [1.82, 2.24) is 15.5 Å². The van der Waals surface area contributed by atoms with Gasteiger partial charge in [0, 0.05) is 0 Å². The Hall–Kier alpha value is -2.23. The van der Waals surface area contributed by atoms with Crippen LogP contribution in [0, 0.1) is 6.92 Å². The molecule has 23 heavy (non-hydrogen) atoms. The normalized spacial score (nSPS) is 20.0. The smallest absolute Gasteiger partial charge is 0.253 e. The molecule has 1 aliphatic carbocycles. The summed E-state index contributed by atoms with van der Waals surface area (Å²) in [6.07, 6.45) is 3.82. The van der Waals surface area contributed by atoms with E-state index in [0.717, 1.165) is 30.7 Å². The summed E-state index contributed by atoms with van der Waals surface area (Å²) in [5.41, 5.74) is 4.40. The van der Waals surface area contributed by atoms with Gasteiger partial charge >= 0.3 is 0 Å². The van der Waals surface area contributed by atoms with Crippen LogP contribution in [0.4, 0.5) is 0 Å². The lowest BCUT2D eigenvalue weighted by molar-refractivity contribution is 0.0893. The molecule has 1 aromatic heterocycles. The van der Waals surface area contributed by atoms with Crippen molar-refractivity contribution in [3.63, 3.8) is 0 Å². The van der Waals surface area contributed by atoms with Crippen LogP contribution in [0.3, 0.4) is 0 Å². The number of hydrogen-bond donors (Lipinski definition) is 1. The van der Waals surface area contributed by atoms with E-state index in [1.807, 2.05) is 26.0 Å². The van der Waals surface area contributed by atoms with Gasteiger partial charge in [0.15, 0.2) is 0 Å². The molecule has 0 aliphatic heterocycles. The minimum absolute atomic E-state index is 0.0564. The molecule has 0 saturated carbocycles. The predicted molar refractivity (Wildman–Crippen MR) is 90.3 cm³/mol. The van der Waals surface area contributed by atoms with Gasteiger partial charge in [-0.05, 0) is 56.7 Å². The van der Waals surface area contributed by atoms with Crippen LogP contribution in [0.2, 0.25) is 0 Å². The third kappa shape index (κ3) is 2.98. The molecule has 1 aromatic carbocycles. The second-order valence-electron chi connectivity index (χ2n) is 6.50. The van der Waals surface area contributed by atoms with E-state index in [1.165, 1.54) is 11.1 Å². The molecular formula is C19H23N3O. The number of amides is 1. The maximum absolute atomic E-state index is 12.9. The molecule has 3 rings (SSSR count). The Kier molecular flexibility index (Phi) is 4.16. The Bertz CT molecular complexity index is 741. The zero-order valence-electron chi connectivity index (χ0n) is 14.0. The third-order valence-corrected chi connectivity index (χ3v) is 4.70. The van der Waals surface area contributed by atoms with Crippen molar-refractivity contribution in [2.45, 2.75) is 52.0 Å². The second-order valence-corrected chi connectivity index (χ2v) is 6.50. The molecule has 1 N–H and O–H groups in total. The number of rotatable bonds is 3. The van der Waals surface area contributed by atoms with Crippen molar-refractivity contribution in [2.24, 2.45) is 0 Å². The topological polar surface area (TPSA) is 54.9 Å². The molecule has 2 aromatic rings. The van der Waals surface area contributed by atoms with E-state index >= 15 is 0 Å². The van der Waals surface area contributed by atoms with E-state index in [1.54, 1.807) is 0 Å². The van der Waals surface area contributed by atoms with Crippen molar-refractivity contribution < 1.29 is 4.79 Å². The van der Waals surface area contributed by atoms with Crippen molar-refractivity contribution in [2.75, 3.05) is 0 Å². The highest BCUT2D eigenvalue weighted by molar-refractivity contribution is 5.96. The molecule has 0 fully saturated rings. The zero-order chi connectivity index (χ0) is 16.4. The van der Waals surface area contributed by atoms with E-state index < -0.39 is 0 Å². The van der Waals surface area contributed by atoms with E-state index in [4.69, 9.17) is 0 Å². The van der Waals surface area contributed by atoms with E-state index in [0.29, 0.717) is 12.0 Å². The van der Waals surface area contributed by atoms with Crippen LogP contribution in [0.25, 0.3) is 0 Å². The molecule has 1 atom stereocenters. The first-order chi connectivity index (χ1) is 11.0. The lowest BCUT2D eigenvalue weighted by Crippen LogP contribution is -2.46. The van der Waals surface area contributed by atoms with Gasteiger partial charge in [-0.15, -0.1) is 0 Å². The average molecular weight is 309 g/mol. The fourth-order valence-corrected chi connectivity index (χ4v) is 3.46. The fraction of sp³-hybridized carbons (Fsp3) is 0.421. The van der Waals surface area contributed by atoms with Gasteiger partial charge in [-0.2, -0.15) is 10.2 Å². The van der Waals surface area contributed by atoms with E-state index in [9.17, 15) is 4.79 Å². The number of fused-ring (bicyclic) bond motifs is 1. The Balaban J connectivity index is 1.93. The van der Waals surface area contributed by atoms with Crippen molar-refractivity contribution in [1.29, 1.82) is 0 Å². The maximum Gasteiger partial charge on any atom is 0.253 e. The highest BCUT2D eigenvalue weighted by atomic mass is 16.1.